The Morgan fingerprint density at radius 3 is 2.00 bits per heavy atom. The van der Waals surface area contributed by atoms with Crippen LogP contribution in [0.3, 0.4) is 0 Å². The van der Waals surface area contributed by atoms with Crippen LogP contribution in [0.15, 0.2) is 162 Å². The largest absolute Gasteiger partial charge is 0.455 e. The molecule has 1 heterocycles. The van der Waals surface area contributed by atoms with Crippen molar-refractivity contribution in [2.24, 2.45) is 0 Å². The van der Waals surface area contributed by atoms with Crippen molar-refractivity contribution in [3.8, 4) is 11.1 Å². The average molecular weight is 564 g/mol. The fourth-order valence-electron chi connectivity index (χ4n) is 6.98. The number of allylic oxidation sites excluding steroid dienone is 3. The topological polar surface area (TPSA) is 16.4 Å². The highest BCUT2D eigenvalue weighted by atomic mass is 16.3. The lowest BCUT2D eigenvalue weighted by molar-refractivity contribution is 0.670. The van der Waals surface area contributed by atoms with E-state index in [0.717, 1.165) is 51.6 Å². The van der Waals surface area contributed by atoms with Gasteiger partial charge in [0.05, 0.1) is 11.4 Å². The fraction of sp³-hybridized carbons (Fsp3) is 0.0476. The Morgan fingerprint density at radius 1 is 0.477 bits per heavy atom. The van der Waals surface area contributed by atoms with E-state index in [1.54, 1.807) is 0 Å². The summed E-state index contributed by atoms with van der Waals surface area (Å²) < 4.78 is 6.71. The quantitative estimate of drug-likeness (QED) is 0.198. The zero-order chi connectivity index (χ0) is 29.0. The van der Waals surface area contributed by atoms with Gasteiger partial charge in [0.15, 0.2) is 0 Å². The molecule has 0 aliphatic heterocycles. The summed E-state index contributed by atoms with van der Waals surface area (Å²) in [5, 5.41) is 9.68. The summed E-state index contributed by atoms with van der Waals surface area (Å²) in [6, 6.07) is 48.1. The SMILES string of the molecule is C1=CC(N(c2ccccc2-c2cccc3c2oc2cc4ccccc4cc23)c2cc3ccccc3c3ccccc23)=CCC1. The van der Waals surface area contributed by atoms with Crippen LogP contribution in [0.5, 0.6) is 0 Å². The standard InChI is InChI=1S/C42H29NO/c1-2-16-31(17-3-1)43(40-26-30-15-6-7-18-32(30)33-19-8-9-20-34(33)40)39-24-11-10-21-35(39)36-22-12-23-37-38-25-28-13-4-5-14-29(28)27-41(38)44-42(36)37/h2,4-27H,1,3H2. The van der Waals surface area contributed by atoms with Gasteiger partial charge in [0.2, 0.25) is 0 Å². The molecule has 0 unspecified atom stereocenters. The van der Waals surface area contributed by atoms with Gasteiger partial charge in [-0.15, -0.1) is 0 Å². The van der Waals surface area contributed by atoms with Gasteiger partial charge >= 0.3 is 0 Å². The summed E-state index contributed by atoms with van der Waals surface area (Å²) in [4.78, 5) is 2.45. The van der Waals surface area contributed by atoms with Gasteiger partial charge in [-0.05, 0) is 70.1 Å². The molecule has 8 aromatic rings. The molecule has 0 radical (unpaired) electrons. The molecule has 44 heavy (non-hydrogen) atoms. The Bertz CT molecular complexity index is 2460. The number of hydrogen-bond acceptors (Lipinski definition) is 2. The summed E-state index contributed by atoms with van der Waals surface area (Å²) in [5.41, 5.74) is 7.55. The van der Waals surface area contributed by atoms with Crippen molar-refractivity contribution < 1.29 is 4.42 Å². The van der Waals surface area contributed by atoms with E-state index < -0.39 is 0 Å². The maximum atomic E-state index is 6.71. The second kappa shape index (κ2) is 10.00. The Kier molecular flexibility index (Phi) is 5.67. The van der Waals surface area contributed by atoms with Crippen LogP contribution in [0.25, 0.3) is 65.4 Å². The summed E-state index contributed by atoms with van der Waals surface area (Å²) in [5.74, 6) is 0. The van der Waals surface area contributed by atoms with Crippen molar-refractivity contribution in [3.05, 3.63) is 157 Å². The molecule has 0 amide bonds. The second-order valence-electron chi connectivity index (χ2n) is 11.6. The van der Waals surface area contributed by atoms with E-state index in [2.05, 4.69) is 157 Å². The van der Waals surface area contributed by atoms with Crippen molar-refractivity contribution in [3.63, 3.8) is 0 Å². The summed E-state index contributed by atoms with van der Waals surface area (Å²) >= 11 is 0. The van der Waals surface area contributed by atoms with Crippen molar-refractivity contribution >= 4 is 65.6 Å². The highest BCUT2D eigenvalue weighted by Crippen LogP contribution is 2.46. The lowest BCUT2D eigenvalue weighted by Crippen LogP contribution is -2.17. The molecule has 0 atom stereocenters. The lowest BCUT2D eigenvalue weighted by Gasteiger charge is -2.31. The van der Waals surface area contributed by atoms with E-state index in [0.29, 0.717) is 0 Å². The highest BCUT2D eigenvalue weighted by Gasteiger charge is 2.23. The van der Waals surface area contributed by atoms with Crippen LogP contribution in [-0.2, 0) is 0 Å². The van der Waals surface area contributed by atoms with E-state index in [1.807, 2.05) is 0 Å². The van der Waals surface area contributed by atoms with Crippen LogP contribution in [-0.4, -0.2) is 0 Å². The monoisotopic (exact) mass is 563 g/mol. The first-order chi connectivity index (χ1) is 21.8. The number of para-hydroxylation sites is 2. The third kappa shape index (κ3) is 3.88. The van der Waals surface area contributed by atoms with Crippen LogP contribution in [0, 0.1) is 0 Å². The molecule has 0 saturated carbocycles. The van der Waals surface area contributed by atoms with Gasteiger partial charge in [0, 0.05) is 33.0 Å². The number of nitrogens with zero attached hydrogens (tertiary/aromatic N) is 1. The minimum absolute atomic E-state index is 0.916. The van der Waals surface area contributed by atoms with Crippen molar-refractivity contribution in [2.45, 2.75) is 12.8 Å². The van der Waals surface area contributed by atoms with E-state index in [9.17, 15) is 0 Å². The Balaban J connectivity index is 1.33. The van der Waals surface area contributed by atoms with Gasteiger partial charge in [-0.3, -0.25) is 0 Å². The first kappa shape index (κ1) is 24.9. The van der Waals surface area contributed by atoms with Gasteiger partial charge in [-0.25, -0.2) is 0 Å². The molecule has 1 aliphatic rings. The number of fused-ring (bicyclic) bond motifs is 7. The van der Waals surface area contributed by atoms with Crippen molar-refractivity contribution in [2.75, 3.05) is 4.90 Å². The van der Waals surface area contributed by atoms with Crippen molar-refractivity contribution in [1.29, 1.82) is 0 Å². The van der Waals surface area contributed by atoms with Gasteiger partial charge < -0.3 is 9.32 Å². The molecular weight excluding hydrogens is 534 g/mol. The molecule has 2 heteroatoms. The molecule has 1 aromatic heterocycles. The fourth-order valence-corrected chi connectivity index (χ4v) is 6.98. The number of anilines is 2. The van der Waals surface area contributed by atoms with Crippen molar-refractivity contribution in [1.82, 2.24) is 0 Å². The molecule has 0 N–H and O–H groups in total. The number of rotatable bonds is 4. The maximum absolute atomic E-state index is 6.71. The van der Waals surface area contributed by atoms with Crippen LogP contribution in [0.4, 0.5) is 11.4 Å². The molecule has 9 rings (SSSR count). The van der Waals surface area contributed by atoms with Gasteiger partial charge in [-0.1, -0.05) is 121 Å². The Hall–Kier alpha value is -5.60. The number of hydrogen-bond donors (Lipinski definition) is 0. The van der Waals surface area contributed by atoms with Gasteiger partial charge in [0.25, 0.3) is 0 Å². The molecule has 2 nitrogen and oxygen atoms in total. The van der Waals surface area contributed by atoms with Gasteiger partial charge in [-0.2, -0.15) is 0 Å². The minimum Gasteiger partial charge on any atom is -0.455 e. The molecule has 7 aromatic carbocycles. The number of benzene rings is 7. The van der Waals surface area contributed by atoms with E-state index in [1.165, 1.54) is 43.7 Å². The summed E-state index contributed by atoms with van der Waals surface area (Å²) in [7, 11) is 0. The molecular formula is C42H29NO. The Morgan fingerprint density at radius 2 is 1.16 bits per heavy atom. The van der Waals surface area contributed by atoms with E-state index in [4.69, 9.17) is 4.42 Å². The van der Waals surface area contributed by atoms with Crippen LogP contribution >= 0.6 is 0 Å². The second-order valence-corrected chi connectivity index (χ2v) is 11.6. The minimum atomic E-state index is 0.916. The van der Waals surface area contributed by atoms with Crippen LogP contribution < -0.4 is 4.90 Å². The molecule has 1 aliphatic carbocycles. The average Bonchev–Trinajstić information content (AvgIpc) is 3.46. The predicted molar refractivity (Wildman–Crippen MR) is 187 cm³/mol. The smallest absolute Gasteiger partial charge is 0.143 e. The normalized spacial score (nSPS) is 13.3. The summed E-state index contributed by atoms with van der Waals surface area (Å²) in [6.07, 6.45) is 9.01. The zero-order valence-corrected chi connectivity index (χ0v) is 24.2. The number of furan rings is 1. The highest BCUT2D eigenvalue weighted by molar-refractivity contribution is 6.16. The molecule has 0 fully saturated rings. The molecule has 0 bridgehead atoms. The van der Waals surface area contributed by atoms with Crippen LogP contribution in [0.2, 0.25) is 0 Å². The molecule has 0 spiro atoms. The third-order valence-electron chi connectivity index (χ3n) is 9.02. The Labute approximate surface area is 255 Å². The van der Waals surface area contributed by atoms with E-state index >= 15 is 0 Å². The first-order valence-corrected chi connectivity index (χ1v) is 15.3. The third-order valence-corrected chi connectivity index (χ3v) is 9.02. The maximum Gasteiger partial charge on any atom is 0.143 e. The molecule has 0 saturated heterocycles. The summed E-state index contributed by atoms with van der Waals surface area (Å²) in [6.45, 7) is 0. The molecule has 208 valence electrons. The zero-order valence-electron chi connectivity index (χ0n) is 24.2. The lowest BCUT2D eigenvalue weighted by atomic mass is 9.96. The van der Waals surface area contributed by atoms with Gasteiger partial charge in [0.1, 0.15) is 11.2 Å². The first-order valence-electron chi connectivity index (χ1n) is 15.3. The van der Waals surface area contributed by atoms with Crippen LogP contribution in [0.1, 0.15) is 12.8 Å². The predicted octanol–water partition coefficient (Wildman–Crippen LogP) is 12.1. The van der Waals surface area contributed by atoms with E-state index in [-0.39, 0.29) is 0 Å².